The first kappa shape index (κ1) is 28.1. The molecular weight excluding hydrogens is 553 g/mol. The summed E-state index contributed by atoms with van der Waals surface area (Å²) in [5.74, 6) is -10.4. The van der Waals surface area contributed by atoms with Crippen LogP contribution in [-0.2, 0) is 4.74 Å². The molecule has 2 fully saturated rings. The number of nitro groups is 1. The maximum Gasteiger partial charge on any atom is 0.293 e. The second-order valence-electron chi connectivity index (χ2n) is 9.45. The standard InChI is InChI=1S/C27H24F5N5O4/c28-21-22(29)24(31)26(25(32)23(21)30)36-9-7-34(8-10-36)18-4-2-17(3-5-18)33-27(38)16-1-6-19(20(15-16)37(39)40)35-11-13-41-14-12-35/h1-6,15H,7-14H2,(H,33,38). The molecule has 0 aromatic heterocycles. The maximum atomic E-state index is 14.2. The van der Waals surface area contributed by atoms with Crippen molar-refractivity contribution in [2.24, 2.45) is 0 Å². The Morgan fingerprint density at radius 1 is 0.756 bits per heavy atom. The summed E-state index contributed by atoms with van der Waals surface area (Å²) in [7, 11) is 0. The summed E-state index contributed by atoms with van der Waals surface area (Å²) in [4.78, 5) is 28.8. The maximum absolute atomic E-state index is 14.2. The summed E-state index contributed by atoms with van der Waals surface area (Å²) in [6.45, 7) is 2.42. The molecular formula is C27H24F5N5O4. The summed E-state index contributed by atoms with van der Waals surface area (Å²) in [6, 6.07) is 11.0. The summed E-state index contributed by atoms with van der Waals surface area (Å²) >= 11 is 0. The van der Waals surface area contributed by atoms with Gasteiger partial charge in [0.1, 0.15) is 11.4 Å². The molecule has 2 aliphatic heterocycles. The molecule has 0 radical (unpaired) electrons. The van der Waals surface area contributed by atoms with E-state index in [9.17, 15) is 36.9 Å². The minimum atomic E-state index is -2.20. The lowest BCUT2D eigenvalue weighted by Gasteiger charge is -2.37. The van der Waals surface area contributed by atoms with E-state index < -0.39 is 45.6 Å². The molecule has 2 saturated heterocycles. The lowest BCUT2D eigenvalue weighted by atomic mass is 10.1. The van der Waals surface area contributed by atoms with E-state index in [0.717, 1.165) is 4.90 Å². The van der Waals surface area contributed by atoms with E-state index in [-0.39, 0.29) is 37.4 Å². The van der Waals surface area contributed by atoms with Crippen molar-refractivity contribution in [3.63, 3.8) is 0 Å². The summed E-state index contributed by atoms with van der Waals surface area (Å²) in [5, 5.41) is 14.4. The first-order valence-corrected chi connectivity index (χ1v) is 12.7. The minimum Gasteiger partial charge on any atom is -0.378 e. The number of nitrogens with zero attached hydrogens (tertiary/aromatic N) is 4. The van der Waals surface area contributed by atoms with Crippen molar-refractivity contribution < 1.29 is 36.4 Å². The number of halogens is 5. The molecule has 2 aliphatic rings. The number of benzene rings is 3. The second kappa shape index (κ2) is 11.6. The SMILES string of the molecule is O=C(Nc1ccc(N2CCN(c3c(F)c(F)c(F)c(F)c3F)CC2)cc1)c1ccc(N2CCOCC2)c([N+](=O)[O-])c1. The van der Waals surface area contributed by atoms with Gasteiger partial charge in [-0.1, -0.05) is 0 Å². The van der Waals surface area contributed by atoms with Crippen LogP contribution in [0.5, 0.6) is 0 Å². The predicted octanol–water partition coefficient (Wildman–Crippen LogP) is 4.71. The lowest BCUT2D eigenvalue weighted by Crippen LogP contribution is -2.47. The van der Waals surface area contributed by atoms with E-state index in [2.05, 4.69) is 5.32 Å². The van der Waals surface area contributed by atoms with E-state index in [0.29, 0.717) is 43.4 Å². The monoisotopic (exact) mass is 577 g/mol. The number of ether oxygens (including phenoxy) is 1. The van der Waals surface area contributed by atoms with Gasteiger partial charge in [-0.25, -0.2) is 22.0 Å². The van der Waals surface area contributed by atoms with Crippen molar-refractivity contribution in [1.29, 1.82) is 0 Å². The average Bonchev–Trinajstić information content (AvgIpc) is 3.00. The highest BCUT2D eigenvalue weighted by Crippen LogP contribution is 2.32. The van der Waals surface area contributed by atoms with E-state index in [1.165, 1.54) is 12.1 Å². The Bertz CT molecular complexity index is 1450. The van der Waals surface area contributed by atoms with E-state index in [1.54, 1.807) is 30.3 Å². The number of carbonyl (C=O) groups excluding carboxylic acids is 1. The zero-order valence-electron chi connectivity index (χ0n) is 21.5. The van der Waals surface area contributed by atoms with Crippen LogP contribution in [0, 0.1) is 39.2 Å². The van der Waals surface area contributed by atoms with Gasteiger partial charge in [0, 0.05) is 62.3 Å². The second-order valence-corrected chi connectivity index (χ2v) is 9.45. The Labute approximate surface area is 230 Å². The lowest BCUT2D eigenvalue weighted by molar-refractivity contribution is -0.384. The first-order valence-electron chi connectivity index (χ1n) is 12.7. The Hall–Kier alpha value is -4.46. The van der Waals surface area contributed by atoms with Crippen LogP contribution in [0.4, 0.5) is 50.4 Å². The summed E-state index contributed by atoms with van der Waals surface area (Å²) < 4.78 is 74.3. The summed E-state index contributed by atoms with van der Waals surface area (Å²) in [5.41, 5.74) is 0.544. The van der Waals surface area contributed by atoms with Crippen LogP contribution in [0.3, 0.4) is 0 Å². The number of anilines is 4. The zero-order chi connectivity index (χ0) is 29.3. The van der Waals surface area contributed by atoms with Crippen molar-refractivity contribution in [2.45, 2.75) is 0 Å². The van der Waals surface area contributed by atoms with E-state index in [1.807, 2.05) is 9.80 Å². The topological polar surface area (TPSA) is 91.2 Å². The highest BCUT2D eigenvalue weighted by Gasteiger charge is 2.31. The fraction of sp³-hybridized carbons (Fsp3) is 0.296. The molecule has 1 N–H and O–H groups in total. The van der Waals surface area contributed by atoms with E-state index in [4.69, 9.17) is 4.74 Å². The van der Waals surface area contributed by atoms with Gasteiger partial charge in [0.2, 0.25) is 5.82 Å². The number of hydrogen-bond acceptors (Lipinski definition) is 7. The molecule has 0 aliphatic carbocycles. The fourth-order valence-corrected chi connectivity index (χ4v) is 4.90. The van der Waals surface area contributed by atoms with Crippen LogP contribution < -0.4 is 20.0 Å². The third-order valence-electron chi connectivity index (χ3n) is 7.06. The third-order valence-corrected chi connectivity index (χ3v) is 7.06. The largest absolute Gasteiger partial charge is 0.378 e. The average molecular weight is 578 g/mol. The van der Waals surface area contributed by atoms with E-state index >= 15 is 0 Å². The van der Waals surface area contributed by atoms with Crippen molar-refractivity contribution in [3.8, 4) is 0 Å². The molecule has 14 heteroatoms. The molecule has 1 amide bonds. The Morgan fingerprint density at radius 3 is 1.90 bits per heavy atom. The quantitative estimate of drug-likeness (QED) is 0.149. The first-order chi connectivity index (χ1) is 19.7. The normalized spacial score (nSPS) is 15.7. The van der Waals surface area contributed by atoms with Crippen LogP contribution in [0.25, 0.3) is 0 Å². The van der Waals surface area contributed by atoms with Crippen LogP contribution in [0.2, 0.25) is 0 Å². The van der Waals surface area contributed by atoms with Crippen molar-refractivity contribution >= 4 is 34.3 Å². The van der Waals surface area contributed by atoms with Gasteiger partial charge in [-0.05, 0) is 36.4 Å². The highest BCUT2D eigenvalue weighted by molar-refractivity contribution is 6.05. The van der Waals surface area contributed by atoms with Crippen LogP contribution in [0.15, 0.2) is 42.5 Å². The Balaban J connectivity index is 1.23. The molecule has 41 heavy (non-hydrogen) atoms. The van der Waals surface area contributed by atoms with Gasteiger partial charge in [0.25, 0.3) is 11.6 Å². The molecule has 3 aromatic rings. The van der Waals surface area contributed by atoms with Crippen molar-refractivity contribution in [2.75, 3.05) is 72.5 Å². The van der Waals surface area contributed by atoms with Gasteiger partial charge in [0.15, 0.2) is 23.3 Å². The molecule has 0 spiro atoms. The smallest absolute Gasteiger partial charge is 0.293 e. The van der Waals surface area contributed by atoms with Gasteiger partial charge >= 0.3 is 0 Å². The number of amides is 1. The zero-order valence-corrected chi connectivity index (χ0v) is 21.5. The summed E-state index contributed by atoms with van der Waals surface area (Å²) in [6.07, 6.45) is 0. The van der Waals surface area contributed by atoms with Gasteiger partial charge in [-0.15, -0.1) is 0 Å². The minimum absolute atomic E-state index is 0.00999. The molecule has 5 rings (SSSR count). The number of hydrogen-bond donors (Lipinski definition) is 1. The molecule has 216 valence electrons. The van der Waals surface area contributed by atoms with Crippen molar-refractivity contribution in [1.82, 2.24) is 0 Å². The molecule has 0 bridgehead atoms. The molecule has 2 heterocycles. The van der Waals surface area contributed by atoms with Gasteiger partial charge < -0.3 is 24.8 Å². The number of carbonyl (C=O) groups is 1. The molecule has 9 nitrogen and oxygen atoms in total. The molecule has 0 unspecified atom stereocenters. The van der Waals surface area contributed by atoms with Crippen molar-refractivity contribution in [3.05, 3.63) is 87.2 Å². The highest BCUT2D eigenvalue weighted by atomic mass is 19.2. The van der Waals surface area contributed by atoms with Crippen LogP contribution in [0.1, 0.15) is 10.4 Å². The van der Waals surface area contributed by atoms with Gasteiger partial charge in [-0.2, -0.15) is 0 Å². The fourth-order valence-electron chi connectivity index (χ4n) is 4.90. The predicted molar refractivity (Wildman–Crippen MR) is 141 cm³/mol. The number of nitrogens with one attached hydrogen (secondary N) is 1. The van der Waals surface area contributed by atoms with Gasteiger partial charge in [0.05, 0.1) is 18.1 Å². The third kappa shape index (κ3) is 5.59. The number of morpholine rings is 1. The number of rotatable bonds is 6. The molecule has 0 saturated carbocycles. The molecule has 3 aromatic carbocycles. The Morgan fingerprint density at radius 2 is 1.32 bits per heavy atom. The van der Waals surface area contributed by atoms with Crippen LogP contribution in [-0.4, -0.2) is 63.3 Å². The number of piperazine rings is 1. The van der Waals surface area contributed by atoms with Crippen LogP contribution >= 0.6 is 0 Å². The Kier molecular flexibility index (Phi) is 7.92. The number of nitro benzene ring substituents is 1. The van der Waals surface area contributed by atoms with Gasteiger partial charge in [-0.3, -0.25) is 14.9 Å². The molecule has 0 atom stereocenters.